The van der Waals surface area contributed by atoms with Gasteiger partial charge >= 0.3 is 0 Å². The van der Waals surface area contributed by atoms with Gasteiger partial charge in [0, 0.05) is 36.5 Å². The van der Waals surface area contributed by atoms with Crippen molar-refractivity contribution in [1.82, 2.24) is 14.7 Å². The Labute approximate surface area is 154 Å². The number of amides is 1. The molecule has 0 unspecified atom stereocenters. The van der Waals surface area contributed by atoms with Crippen LogP contribution in [0, 0.1) is 6.92 Å². The fourth-order valence-electron chi connectivity index (χ4n) is 3.01. The minimum atomic E-state index is -0.307. The highest BCUT2D eigenvalue weighted by molar-refractivity contribution is 6.03. The average Bonchev–Trinajstić information content (AvgIpc) is 3.27. The zero-order chi connectivity index (χ0) is 19.0. The van der Waals surface area contributed by atoms with Gasteiger partial charge < -0.3 is 9.84 Å². The molecule has 0 radical (unpaired) electrons. The molecule has 1 N–H and O–H groups in total. The van der Waals surface area contributed by atoms with Crippen LogP contribution in [0.5, 0.6) is 0 Å². The molecular formula is C20H16N4O3. The van der Waals surface area contributed by atoms with Crippen molar-refractivity contribution in [3.8, 4) is 11.1 Å². The van der Waals surface area contributed by atoms with Crippen molar-refractivity contribution in [2.75, 3.05) is 5.32 Å². The third kappa shape index (κ3) is 3.10. The minimum Gasteiger partial charge on any atom is -0.361 e. The van der Waals surface area contributed by atoms with Crippen LogP contribution in [0.3, 0.4) is 0 Å². The van der Waals surface area contributed by atoms with Gasteiger partial charge in [-0.1, -0.05) is 17.3 Å². The van der Waals surface area contributed by atoms with Crippen molar-refractivity contribution in [3.05, 3.63) is 66.3 Å². The first-order valence-corrected chi connectivity index (χ1v) is 8.35. The summed E-state index contributed by atoms with van der Waals surface area (Å²) in [4.78, 5) is 28.4. The molecule has 1 aromatic carbocycles. The van der Waals surface area contributed by atoms with Crippen LogP contribution in [0.2, 0.25) is 0 Å². The number of rotatable bonds is 3. The molecule has 0 aliphatic rings. The maximum absolute atomic E-state index is 12.7. The molecule has 0 saturated heterocycles. The molecule has 4 aromatic rings. The standard InChI is InChI=1S/C20H16N4O3/c1-12-10-18(23-27-12)20(26)24-9-7-17-16(6-8-21-19(17)24)14-4-3-5-15(11-14)22-13(2)25/h3-11H,1-2H3,(H,22,25). The lowest BCUT2D eigenvalue weighted by atomic mass is 10.0. The van der Waals surface area contributed by atoms with E-state index in [4.69, 9.17) is 4.52 Å². The van der Waals surface area contributed by atoms with Gasteiger partial charge in [-0.05, 0) is 42.3 Å². The molecular weight excluding hydrogens is 344 g/mol. The van der Waals surface area contributed by atoms with Gasteiger partial charge in [0.1, 0.15) is 11.4 Å². The Balaban J connectivity index is 1.79. The normalized spacial score (nSPS) is 10.9. The van der Waals surface area contributed by atoms with Crippen molar-refractivity contribution in [3.63, 3.8) is 0 Å². The quantitative estimate of drug-likeness (QED) is 0.602. The predicted octanol–water partition coefficient (Wildman–Crippen LogP) is 3.65. The maximum Gasteiger partial charge on any atom is 0.285 e. The van der Waals surface area contributed by atoms with Crippen LogP contribution in [0.1, 0.15) is 23.2 Å². The second-order valence-corrected chi connectivity index (χ2v) is 6.17. The molecule has 7 heteroatoms. The van der Waals surface area contributed by atoms with Crippen LogP contribution in [-0.4, -0.2) is 26.5 Å². The predicted molar refractivity (Wildman–Crippen MR) is 100 cm³/mol. The number of hydrogen-bond acceptors (Lipinski definition) is 5. The van der Waals surface area contributed by atoms with E-state index in [0.717, 1.165) is 16.5 Å². The Morgan fingerprint density at radius 2 is 2.00 bits per heavy atom. The molecule has 3 heterocycles. The Kier molecular flexibility index (Phi) is 4.04. The number of fused-ring (bicyclic) bond motifs is 1. The van der Waals surface area contributed by atoms with Gasteiger partial charge in [-0.2, -0.15) is 0 Å². The molecule has 0 aliphatic carbocycles. The van der Waals surface area contributed by atoms with Gasteiger partial charge in [-0.25, -0.2) is 4.98 Å². The van der Waals surface area contributed by atoms with E-state index in [1.54, 1.807) is 25.4 Å². The van der Waals surface area contributed by atoms with E-state index in [2.05, 4.69) is 15.5 Å². The summed E-state index contributed by atoms with van der Waals surface area (Å²) in [6.45, 7) is 3.20. The van der Waals surface area contributed by atoms with E-state index in [1.807, 2.05) is 36.4 Å². The lowest BCUT2D eigenvalue weighted by Crippen LogP contribution is -2.11. The molecule has 0 aliphatic heterocycles. The van der Waals surface area contributed by atoms with Crippen LogP contribution in [-0.2, 0) is 4.79 Å². The van der Waals surface area contributed by atoms with E-state index in [1.165, 1.54) is 11.5 Å². The van der Waals surface area contributed by atoms with Crippen LogP contribution in [0.15, 0.2) is 59.4 Å². The van der Waals surface area contributed by atoms with Gasteiger partial charge in [0.05, 0.1) is 0 Å². The number of aromatic nitrogens is 3. The van der Waals surface area contributed by atoms with E-state index in [-0.39, 0.29) is 17.5 Å². The van der Waals surface area contributed by atoms with E-state index < -0.39 is 0 Å². The molecule has 134 valence electrons. The average molecular weight is 360 g/mol. The largest absolute Gasteiger partial charge is 0.361 e. The van der Waals surface area contributed by atoms with Gasteiger partial charge in [-0.3, -0.25) is 14.2 Å². The summed E-state index contributed by atoms with van der Waals surface area (Å²) in [5.41, 5.74) is 3.29. The molecule has 1 amide bonds. The number of anilines is 1. The van der Waals surface area contributed by atoms with Crippen LogP contribution in [0.25, 0.3) is 22.2 Å². The smallest absolute Gasteiger partial charge is 0.285 e. The molecule has 3 aromatic heterocycles. The zero-order valence-electron chi connectivity index (χ0n) is 14.8. The van der Waals surface area contributed by atoms with E-state index in [0.29, 0.717) is 17.1 Å². The number of carbonyl (C=O) groups excluding carboxylic acids is 2. The fourth-order valence-corrected chi connectivity index (χ4v) is 3.01. The second kappa shape index (κ2) is 6.53. The summed E-state index contributed by atoms with van der Waals surface area (Å²) in [6.07, 6.45) is 3.33. The summed E-state index contributed by atoms with van der Waals surface area (Å²) in [7, 11) is 0. The lowest BCUT2D eigenvalue weighted by Gasteiger charge is -2.08. The Bertz CT molecular complexity index is 1170. The van der Waals surface area contributed by atoms with Crippen molar-refractivity contribution in [1.29, 1.82) is 0 Å². The van der Waals surface area contributed by atoms with E-state index in [9.17, 15) is 9.59 Å². The third-order valence-electron chi connectivity index (χ3n) is 4.15. The highest BCUT2D eigenvalue weighted by Gasteiger charge is 2.18. The number of nitrogens with one attached hydrogen (secondary N) is 1. The topological polar surface area (TPSA) is 90.0 Å². The number of nitrogens with zero attached hydrogens (tertiary/aromatic N) is 3. The fraction of sp³-hybridized carbons (Fsp3) is 0.100. The van der Waals surface area contributed by atoms with Crippen LogP contribution >= 0.6 is 0 Å². The molecule has 27 heavy (non-hydrogen) atoms. The van der Waals surface area contributed by atoms with Gasteiger partial charge in [-0.15, -0.1) is 0 Å². The molecule has 7 nitrogen and oxygen atoms in total. The second-order valence-electron chi connectivity index (χ2n) is 6.17. The van der Waals surface area contributed by atoms with Crippen molar-refractivity contribution < 1.29 is 14.1 Å². The Hall–Kier alpha value is -3.74. The molecule has 0 atom stereocenters. The highest BCUT2D eigenvalue weighted by atomic mass is 16.5. The first-order chi connectivity index (χ1) is 13.0. The van der Waals surface area contributed by atoms with E-state index >= 15 is 0 Å². The van der Waals surface area contributed by atoms with Crippen molar-refractivity contribution in [2.24, 2.45) is 0 Å². The van der Waals surface area contributed by atoms with Gasteiger partial charge in [0.2, 0.25) is 5.91 Å². The number of benzene rings is 1. The summed E-state index contributed by atoms with van der Waals surface area (Å²) < 4.78 is 6.45. The molecule has 0 fully saturated rings. The SMILES string of the molecule is CC(=O)Nc1cccc(-c2ccnc3c2ccn3C(=O)c2cc(C)on2)c1. The molecule has 0 saturated carbocycles. The highest BCUT2D eigenvalue weighted by Crippen LogP contribution is 2.30. The number of pyridine rings is 1. The number of aryl methyl sites for hydroxylation is 1. The van der Waals surface area contributed by atoms with Gasteiger partial charge in [0.15, 0.2) is 5.69 Å². The molecule has 0 spiro atoms. The Morgan fingerprint density at radius 3 is 2.74 bits per heavy atom. The maximum atomic E-state index is 12.7. The molecule has 4 rings (SSSR count). The summed E-state index contributed by atoms with van der Waals surface area (Å²) >= 11 is 0. The van der Waals surface area contributed by atoms with Crippen molar-refractivity contribution >= 4 is 28.5 Å². The summed E-state index contributed by atoms with van der Waals surface area (Å²) in [5, 5.41) is 7.39. The van der Waals surface area contributed by atoms with Crippen molar-refractivity contribution in [2.45, 2.75) is 13.8 Å². The summed E-state index contributed by atoms with van der Waals surface area (Å²) in [6, 6.07) is 12.8. The summed E-state index contributed by atoms with van der Waals surface area (Å²) in [5.74, 6) is 0.128. The first kappa shape index (κ1) is 16.7. The molecule has 0 bridgehead atoms. The number of hydrogen-bond donors (Lipinski definition) is 1. The lowest BCUT2D eigenvalue weighted by molar-refractivity contribution is -0.114. The monoisotopic (exact) mass is 360 g/mol. The third-order valence-corrected chi connectivity index (χ3v) is 4.15. The van der Waals surface area contributed by atoms with Gasteiger partial charge in [0.25, 0.3) is 5.91 Å². The van der Waals surface area contributed by atoms with Crippen LogP contribution < -0.4 is 5.32 Å². The minimum absolute atomic E-state index is 0.133. The Morgan fingerprint density at radius 1 is 1.15 bits per heavy atom. The first-order valence-electron chi connectivity index (χ1n) is 8.35. The van der Waals surface area contributed by atoms with Crippen LogP contribution in [0.4, 0.5) is 5.69 Å². The number of carbonyl (C=O) groups is 2. The zero-order valence-corrected chi connectivity index (χ0v) is 14.8.